The molecular weight excluding hydrogens is 414 g/mol. The number of rotatable bonds is 5. The zero-order chi connectivity index (χ0) is 22.4. The van der Waals surface area contributed by atoms with E-state index in [1.807, 2.05) is 24.3 Å². The molecule has 0 aliphatic heterocycles. The number of hydrogen-bond donors (Lipinski definition) is 1. The first-order valence-electron chi connectivity index (χ1n) is 10.5. The molecule has 1 fully saturated rings. The summed E-state index contributed by atoms with van der Waals surface area (Å²) in [5.74, 6) is 0. The van der Waals surface area contributed by atoms with Gasteiger partial charge < -0.3 is 9.53 Å². The second-order valence-electron chi connectivity index (χ2n) is 10.5. The summed E-state index contributed by atoms with van der Waals surface area (Å²) in [6, 6.07) is 7.68. The molecule has 30 heavy (non-hydrogen) atoms. The van der Waals surface area contributed by atoms with Crippen molar-refractivity contribution in [3.63, 3.8) is 0 Å². The van der Waals surface area contributed by atoms with Crippen molar-refractivity contribution in [2.45, 2.75) is 77.4 Å². The van der Waals surface area contributed by atoms with Crippen molar-refractivity contribution in [2.24, 2.45) is 5.41 Å². The van der Waals surface area contributed by atoms with Gasteiger partial charge in [0.1, 0.15) is 18.3 Å². The molecule has 3 rings (SSSR count). The zero-order valence-corrected chi connectivity index (χ0v) is 20.9. The molecule has 1 saturated carbocycles. The van der Waals surface area contributed by atoms with Crippen molar-refractivity contribution in [3.8, 4) is 0 Å². The van der Waals surface area contributed by atoms with Crippen molar-refractivity contribution in [2.75, 3.05) is 0 Å². The van der Waals surface area contributed by atoms with E-state index < -0.39 is 19.3 Å². The number of halogens is 1. The maximum absolute atomic E-state index is 12.1. The Balaban J connectivity index is 2.03. The smallest absolute Gasteiger partial charge is 0.192 e. The third kappa shape index (κ3) is 4.28. The van der Waals surface area contributed by atoms with E-state index in [4.69, 9.17) is 16.0 Å². The van der Waals surface area contributed by atoms with Gasteiger partial charge in [-0.05, 0) is 47.8 Å². The van der Waals surface area contributed by atoms with Gasteiger partial charge in [-0.15, -0.1) is 0 Å². The number of aromatic nitrogens is 3. The first-order chi connectivity index (χ1) is 13.8. The molecule has 0 spiro atoms. The minimum atomic E-state index is -2.02. The zero-order valence-electron chi connectivity index (χ0n) is 19.1. The molecule has 164 valence electrons. The molecule has 0 amide bonds. The van der Waals surface area contributed by atoms with Crippen LogP contribution in [0.4, 0.5) is 0 Å². The monoisotopic (exact) mass is 447 g/mol. The molecule has 0 saturated heterocycles. The van der Waals surface area contributed by atoms with Crippen molar-refractivity contribution < 1.29 is 9.53 Å². The Bertz CT molecular complexity index is 902. The van der Waals surface area contributed by atoms with E-state index in [2.05, 4.69) is 63.9 Å². The number of nitrogens with zero attached hydrogens (tertiary/aromatic N) is 3. The second kappa shape index (κ2) is 7.90. The summed E-state index contributed by atoms with van der Waals surface area (Å²) >= 11 is 6.06. The van der Waals surface area contributed by atoms with E-state index in [0.717, 1.165) is 11.1 Å². The Labute approximate surface area is 186 Å². The molecule has 1 aliphatic carbocycles. The lowest BCUT2D eigenvalue weighted by Gasteiger charge is -2.45. The van der Waals surface area contributed by atoms with Crippen LogP contribution in [0.5, 0.6) is 0 Å². The average Bonchev–Trinajstić information content (AvgIpc) is 3.18. The van der Waals surface area contributed by atoms with Crippen LogP contribution < -0.4 is 0 Å². The van der Waals surface area contributed by atoms with E-state index >= 15 is 0 Å². The number of hydrogen-bond acceptors (Lipinski definition) is 4. The normalized spacial score (nSPS) is 25.8. The summed E-state index contributed by atoms with van der Waals surface area (Å²) in [5.41, 5.74) is 0.337. The lowest BCUT2D eigenvalue weighted by atomic mass is 9.74. The summed E-state index contributed by atoms with van der Waals surface area (Å²) < 4.78 is 8.55. The second-order valence-corrected chi connectivity index (χ2v) is 15.7. The minimum absolute atomic E-state index is 0.0922. The van der Waals surface area contributed by atoms with Gasteiger partial charge in [0.2, 0.25) is 0 Å². The quantitative estimate of drug-likeness (QED) is 0.609. The van der Waals surface area contributed by atoms with E-state index in [9.17, 15) is 5.11 Å². The molecule has 1 aliphatic rings. The SMILES string of the molecule is CC1(C)C(O[Si](C)(C)C(C)(C)C)C/C(=C\c2ccc(Cl)cc2)C1(O)Cn1cncn1. The van der Waals surface area contributed by atoms with Gasteiger partial charge >= 0.3 is 0 Å². The largest absolute Gasteiger partial charge is 0.413 e. The van der Waals surface area contributed by atoms with Gasteiger partial charge in [0, 0.05) is 10.4 Å². The van der Waals surface area contributed by atoms with Gasteiger partial charge in [0.15, 0.2) is 8.32 Å². The van der Waals surface area contributed by atoms with Gasteiger partial charge in [-0.25, -0.2) is 9.67 Å². The Kier molecular flexibility index (Phi) is 6.11. The van der Waals surface area contributed by atoms with Gasteiger partial charge in [-0.2, -0.15) is 5.10 Å². The van der Waals surface area contributed by atoms with Crippen LogP contribution in [0.15, 0.2) is 42.5 Å². The predicted molar refractivity (Wildman–Crippen MR) is 125 cm³/mol. The molecule has 2 aromatic rings. The number of aliphatic hydroxyl groups is 1. The molecule has 1 aromatic heterocycles. The summed E-state index contributed by atoms with van der Waals surface area (Å²) in [4.78, 5) is 4.05. The third-order valence-electron chi connectivity index (χ3n) is 7.12. The van der Waals surface area contributed by atoms with Gasteiger partial charge in [-0.1, -0.05) is 64.4 Å². The van der Waals surface area contributed by atoms with Crippen molar-refractivity contribution in [1.29, 1.82) is 0 Å². The minimum Gasteiger partial charge on any atom is -0.413 e. The lowest BCUT2D eigenvalue weighted by molar-refractivity contribution is -0.0719. The molecule has 2 atom stereocenters. The third-order valence-corrected chi connectivity index (χ3v) is 11.9. The molecule has 5 nitrogen and oxygen atoms in total. The summed E-state index contributed by atoms with van der Waals surface area (Å²) in [6.45, 7) is 15.8. The van der Waals surface area contributed by atoms with E-state index in [0.29, 0.717) is 18.0 Å². The van der Waals surface area contributed by atoms with Crippen LogP contribution in [0.1, 0.15) is 46.6 Å². The van der Waals surface area contributed by atoms with E-state index in [1.54, 1.807) is 11.0 Å². The maximum Gasteiger partial charge on any atom is 0.192 e. The first kappa shape index (κ1) is 23.2. The fraction of sp³-hybridized carbons (Fsp3) is 0.565. The molecule has 1 aromatic carbocycles. The lowest BCUT2D eigenvalue weighted by Crippen LogP contribution is -2.53. The van der Waals surface area contributed by atoms with Gasteiger partial charge in [0.05, 0.1) is 12.6 Å². The Morgan fingerprint density at radius 2 is 1.90 bits per heavy atom. The van der Waals surface area contributed by atoms with Gasteiger partial charge in [-0.3, -0.25) is 0 Å². The highest BCUT2D eigenvalue weighted by atomic mass is 35.5. The Morgan fingerprint density at radius 3 is 2.43 bits per heavy atom. The molecule has 1 N–H and O–H groups in total. The standard InChI is InChI=1S/C23H34ClN3O2Si/c1-21(2,3)30(6,7)29-20-13-18(12-17-8-10-19(24)11-9-17)23(28,22(20,4)5)14-27-16-25-15-26-27/h8-12,15-16,20,28H,13-14H2,1-7H3/b18-12+. The highest BCUT2D eigenvalue weighted by Crippen LogP contribution is 2.54. The van der Waals surface area contributed by atoms with Crippen LogP contribution >= 0.6 is 11.6 Å². The molecular formula is C23H34ClN3O2Si. The van der Waals surface area contributed by atoms with E-state index in [-0.39, 0.29) is 11.1 Å². The summed E-state index contributed by atoms with van der Waals surface area (Å²) in [6.07, 6.45) is 5.80. The van der Waals surface area contributed by atoms with Crippen LogP contribution in [-0.2, 0) is 11.0 Å². The van der Waals surface area contributed by atoms with E-state index in [1.165, 1.54) is 6.33 Å². The average molecular weight is 448 g/mol. The summed E-state index contributed by atoms with van der Waals surface area (Å²) in [7, 11) is -2.02. The van der Waals surface area contributed by atoms with Crippen LogP contribution in [0.25, 0.3) is 6.08 Å². The number of benzene rings is 1. The Morgan fingerprint density at radius 1 is 1.27 bits per heavy atom. The van der Waals surface area contributed by atoms with Crippen molar-refractivity contribution in [1.82, 2.24) is 14.8 Å². The van der Waals surface area contributed by atoms with Crippen LogP contribution in [0.2, 0.25) is 23.2 Å². The molecule has 0 radical (unpaired) electrons. The van der Waals surface area contributed by atoms with Gasteiger partial charge in [0.25, 0.3) is 0 Å². The molecule has 7 heteroatoms. The van der Waals surface area contributed by atoms with Crippen molar-refractivity contribution >= 4 is 26.0 Å². The van der Waals surface area contributed by atoms with Crippen LogP contribution in [0.3, 0.4) is 0 Å². The Hall–Kier alpha value is -1.47. The molecule has 1 heterocycles. The van der Waals surface area contributed by atoms with Crippen LogP contribution in [0, 0.1) is 5.41 Å². The predicted octanol–water partition coefficient (Wildman–Crippen LogP) is 5.57. The van der Waals surface area contributed by atoms with Crippen molar-refractivity contribution in [3.05, 3.63) is 53.1 Å². The molecule has 2 unspecified atom stereocenters. The topological polar surface area (TPSA) is 60.2 Å². The summed E-state index contributed by atoms with van der Waals surface area (Å²) in [5, 5.41) is 17.1. The first-order valence-corrected chi connectivity index (χ1v) is 13.7. The maximum atomic E-state index is 12.1. The highest BCUT2D eigenvalue weighted by molar-refractivity contribution is 6.74. The molecule has 0 bridgehead atoms. The van der Waals surface area contributed by atoms with Crippen LogP contribution in [-0.4, -0.2) is 39.9 Å². The fourth-order valence-corrected chi connectivity index (χ4v) is 5.39. The highest BCUT2D eigenvalue weighted by Gasteiger charge is 2.59. The fourth-order valence-electron chi connectivity index (χ4n) is 3.82.